The van der Waals surface area contributed by atoms with E-state index in [0.29, 0.717) is 35.8 Å². The second-order valence-electron chi connectivity index (χ2n) is 5.16. The van der Waals surface area contributed by atoms with Gasteiger partial charge < -0.3 is 19.5 Å². The molecule has 25 heavy (non-hydrogen) atoms. The number of carbonyl (C=O) groups is 2. The third-order valence-corrected chi connectivity index (χ3v) is 3.42. The number of rotatable bonds is 6. The SMILES string of the molecule is COc1cc(NC(=O)NN2CC(C)=NNC2C=O)cc(OC)c1OC. The van der Waals surface area contributed by atoms with Crippen LogP contribution in [-0.4, -0.2) is 57.1 Å². The standard InChI is InChI=1S/C15H21N5O5/c1-9-7-20(13(8-21)18-17-9)19-15(22)16-10-5-11(23-2)14(25-4)12(6-10)24-3/h5-6,8,13,18H,7H2,1-4H3,(H2,16,19,22). The molecule has 0 radical (unpaired) electrons. The highest BCUT2D eigenvalue weighted by molar-refractivity contribution is 5.91. The zero-order valence-corrected chi connectivity index (χ0v) is 14.5. The molecule has 0 aliphatic carbocycles. The number of benzene rings is 1. The van der Waals surface area contributed by atoms with Crippen molar-refractivity contribution in [2.75, 3.05) is 33.2 Å². The first kappa shape index (κ1) is 18.3. The van der Waals surface area contributed by atoms with Gasteiger partial charge in [-0.25, -0.2) is 4.79 Å². The molecular weight excluding hydrogens is 330 g/mol. The Bertz CT molecular complexity index is 653. The Kier molecular flexibility index (Phi) is 6.01. The number of ether oxygens (including phenoxy) is 3. The molecule has 1 atom stereocenters. The van der Waals surface area contributed by atoms with E-state index < -0.39 is 12.2 Å². The van der Waals surface area contributed by atoms with Crippen LogP contribution in [0.25, 0.3) is 0 Å². The van der Waals surface area contributed by atoms with E-state index in [4.69, 9.17) is 14.2 Å². The Hall–Kier alpha value is -3.01. The van der Waals surface area contributed by atoms with Crippen molar-refractivity contribution in [3.8, 4) is 17.2 Å². The fourth-order valence-electron chi connectivity index (χ4n) is 2.28. The molecule has 10 heteroatoms. The zero-order valence-electron chi connectivity index (χ0n) is 14.5. The van der Waals surface area contributed by atoms with Crippen LogP contribution in [0.15, 0.2) is 17.2 Å². The first-order valence-corrected chi connectivity index (χ1v) is 7.40. The minimum absolute atomic E-state index is 0.319. The Labute approximate surface area is 145 Å². The van der Waals surface area contributed by atoms with Crippen molar-refractivity contribution in [1.82, 2.24) is 15.9 Å². The summed E-state index contributed by atoms with van der Waals surface area (Å²) in [6, 6.07) is 2.66. The smallest absolute Gasteiger partial charge is 0.333 e. The van der Waals surface area contributed by atoms with Crippen LogP contribution >= 0.6 is 0 Å². The van der Waals surface area contributed by atoms with E-state index in [-0.39, 0.29) is 0 Å². The van der Waals surface area contributed by atoms with Gasteiger partial charge in [0.2, 0.25) is 5.75 Å². The molecule has 1 aliphatic rings. The Balaban J connectivity index is 2.12. The maximum absolute atomic E-state index is 12.2. The number of carbonyl (C=O) groups excluding carboxylic acids is 2. The highest BCUT2D eigenvalue weighted by atomic mass is 16.5. The van der Waals surface area contributed by atoms with E-state index in [1.54, 1.807) is 19.1 Å². The average Bonchev–Trinajstić information content (AvgIpc) is 2.60. The van der Waals surface area contributed by atoms with Crippen LogP contribution < -0.4 is 30.4 Å². The van der Waals surface area contributed by atoms with Crippen LogP contribution in [0.5, 0.6) is 17.2 Å². The predicted octanol–water partition coefficient (Wildman–Crippen LogP) is 0.555. The van der Waals surface area contributed by atoms with Crippen molar-refractivity contribution in [1.29, 1.82) is 0 Å². The van der Waals surface area contributed by atoms with E-state index in [1.165, 1.54) is 26.3 Å². The molecule has 0 spiro atoms. The summed E-state index contributed by atoms with van der Waals surface area (Å²) in [6.07, 6.45) is -0.0928. The minimum atomic E-state index is -0.741. The lowest BCUT2D eigenvalue weighted by molar-refractivity contribution is -0.114. The summed E-state index contributed by atoms with van der Waals surface area (Å²) in [6.45, 7) is 2.10. The predicted molar refractivity (Wildman–Crippen MR) is 91.1 cm³/mol. The molecular formula is C15H21N5O5. The van der Waals surface area contributed by atoms with Crippen LogP contribution in [0.4, 0.5) is 10.5 Å². The molecule has 1 aromatic carbocycles. The quantitative estimate of drug-likeness (QED) is 0.642. The zero-order chi connectivity index (χ0) is 18.4. The summed E-state index contributed by atoms with van der Waals surface area (Å²) < 4.78 is 15.7. The maximum Gasteiger partial charge on any atom is 0.333 e. The van der Waals surface area contributed by atoms with Crippen molar-refractivity contribution in [2.24, 2.45) is 5.10 Å². The number of hydrogen-bond acceptors (Lipinski definition) is 8. The highest BCUT2D eigenvalue weighted by Gasteiger charge is 2.24. The van der Waals surface area contributed by atoms with Crippen molar-refractivity contribution in [2.45, 2.75) is 13.1 Å². The molecule has 2 amide bonds. The van der Waals surface area contributed by atoms with Gasteiger partial charge in [-0.05, 0) is 6.92 Å². The molecule has 2 rings (SSSR count). The molecule has 136 valence electrons. The van der Waals surface area contributed by atoms with Crippen LogP contribution in [0, 0.1) is 0 Å². The normalized spacial score (nSPS) is 17.0. The van der Waals surface area contributed by atoms with Gasteiger partial charge in [-0.1, -0.05) is 0 Å². The Morgan fingerprint density at radius 3 is 2.44 bits per heavy atom. The number of urea groups is 1. The molecule has 1 heterocycles. The van der Waals surface area contributed by atoms with Gasteiger partial charge in [-0.15, -0.1) is 0 Å². The number of hydrazine groups is 1. The number of aldehydes is 1. The van der Waals surface area contributed by atoms with Crippen molar-refractivity contribution in [3.63, 3.8) is 0 Å². The average molecular weight is 351 g/mol. The second-order valence-corrected chi connectivity index (χ2v) is 5.16. The number of nitrogens with one attached hydrogen (secondary N) is 3. The van der Waals surface area contributed by atoms with Gasteiger partial charge in [0.05, 0.1) is 39.3 Å². The number of methoxy groups -OCH3 is 3. The Morgan fingerprint density at radius 2 is 1.92 bits per heavy atom. The summed E-state index contributed by atoms with van der Waals surface area (Å²) in [4.78, 5) is 23.3. The molecule has 1 aromatic rings. The molecule has 10 nitrogen and oxygen atoms in total. The number of nitrogens with zero attached hydrogens (tertiary/aromatic N) is 2. The van der Waals surface area contributed by atoms with Gasteiger partial charge in [0.25, 0.3) is 0 Å². The van der Waals surface area contributed by atoms with Crippen LogP contribution in [0.3, 0.4) is 0 Å². The van der Waals surface area contributed by atoms with Gasteiger partial charge in [0, 0.05) is 12.1 Å². The topological polar surface area (TPSA) is 114 Å². The molecule has 1 unspecified atom stereocenters. The third-order valence-electron chi connectivity index (χ3n) is 3.42. The van der Waals surface area contributed by atoms with Gasteiger partial charge in [0.1, 0.15) is 0 Å². The van der Waals surface area contributed by atoms with E-state index >= 15 is 0 Å². The van der Waals surface area contributed by atoms with Crippen molar-refractivity contribution < 1.29 is 23.8 Å². The number of amides is 2. The number of hydrogen-bond donors (Lipinski definition) is 3. The maximum atomic E-state index is 12.2. The van der Waals surface area contributed by atoms with Crippen molar-refractivity contribution in [3.05, 3.63) is 12.1 Å². The largest absolute Gasteiger partial charge is 0.493 e. The lowest BCUT2D eigenvalue weighted by Gasteiger charge is -2.31. The van der Waals surface area contributed by atoms with E-state index in [9.17, 15) is 9.59 Å². The monoisotopic (exact) mass is 351 g/mol. The fraction of sp³-hybridized carbons (Fsp3) is 0.400. The van der Waals surface area contributed by atoms with Crippen molar-refractivity contribution >= 4 is 23.7 Å². The van der Waals surface area contributed by atoms with Gasteiger partial charge >= 0.3 is 6.03 Å². The van der Waals surface area contributed by atoms with Gasteiger partial charge in [-0.2, -0.15) is 10.1 Å². The fourth-order valence-corrected chi connectivity index (χ4v) is 2.28. The summed E-state index contributed by atoms with van der Waals surface area (Å²) in [5, 5.41) is 8.05. The molecule has 0 bridgehead atoms. The molecule has 0 fully saturated rings. The van der Waals surface area contributed by atoms with E-state index in [0.717, 1.165) is 5.71 Å². The summed E-state index contributed by atoms with van der Waals surface area (Å²) in [7, 11) is 4.46. The molecule has 0 aromatic heterocycles. The molecule has 3 N–H and O–H groups in total. The molecule has 0 saturated carbocycles. The number of anilines is 1. The first-order chi connectivity index (χ1) is 12.0. The van der Waals surface area contributed by atoms with E-state index in [2.05, 4.69) is 21.3 Å². The lowest BCUT2D eigenvalue weighted by atomic mass is 10.2. The highest BCUT2D eigenvalue weighted by Crippen LogP contribution is 2.39. The summed E-state index contributed by atoms with van der Waals surface area (Å²) in [5.74, 6) is 1.24. The van der Waals surface area contributed by atoms with Crippen LogP contribution in [0.1, 0.15) is 6.92 Å². The van der Waals surface area contributed by atoms with E-state index in [1.807, 2.05) is 0 Å². The lowest BCUT2D eigenvalue weighted by Crippen LogP contribution is -2.59. The Morgan fingerprint density at radius 1 is 1.28 bits per heavy atom. The first-order valence-electron chi connectivity index (χ1n) is 7.40. The van der Waals surface area contributed by atoms with Gasteiger partial charge in [0.15, 0.2) is 24.0 Å². The summed E-state index contributed by atoms with van der Waals surface area (Å²) in [5.41, 5.74) is 6.40. The second kappa shape index (κ2) is 8.20. The number of hydrazone groups is 1. The third kappa shape index (κ3) is 4.29. The van der Waals surface area contributed by atoms with Gasteiger partial charge in [-0.3, -0.25) is 15.6 Å². The summed E-state index contributed by atoms with van der Waals surface area (Å²) >= 11 is 0. The van der Waals surface area contributed by atoms with Crippen LogP contribution in [-0.2, 0) is 4.79 Å². The molecule has 1 aliphatic heterocycles. The molecule has 0 saturated heterocycles. The van der Waals surface area contributed by atoms with Crippen LogP contribution in [0.2, 0.25) is 0 Å². The minimum Gasteiger partial charge on any atom is -0.493 e.